The Hall–Kier alpha value is -1.02. The molecule has 0 saturated carbocycles. The highest BCUT2D eigenvalue weighted by Crippen LogP contribution is 2.33. The Morgan fingerprint density at radius 3 is 2.71 bits per heavy atom. The summed E-state index contributed by atoms with van der Waals surface area (Å²) >= 11 is 0. The van der Waals surface area contributed by atoms with Gasteiger partial charge in [0.25, 0.3) is 0 Å². The van der Waals surface area contributed by atoms with Crippen LogP contribution in [-0.2, 0) is 4.74 Å². The Balaban J connectivity index is 2.47. The fourth-order valence-corrected chi connectivity index (χ4v) is 2.00. The number of methoxy groups -OCH3 is 1. The van der Waals surface area contributed by atoms with Crippen molar-refractivity contribution in [1.82, 2.24) is 0 Å². The van der Waals surface area contributed by atoms with Gasteiger partial charge < -0.3 is 10.1 Å². The largest absolute Gasteiger partial charge is 0.385 e. The molecule has 0 aliphatic carbocycles. The van der Waals surface area contributed by atoms with Crippen LogP contribution in [0.3, 0.4) is 0 Å². The third kappa shape index (κ3) is 1.50. The van der Waals surface area contributed by atoms with E-state index >= 15 is 0 Å². The zero-order chi connectivity index (χ0) is 10.1. The van der Waals surface area contributed by atoms with Crippen molar-refractivity contribution < 1.29 is 4.74 Å². The molecule has 1 atom stereocenters. The lowest BCUT2D eigenvalue weighted by Gasteiger charge is -2.26. The first-order valence-electron chi connectivity index (χ1n) is 5.10. The molecule has 1 unspecified atom stereocenters. The fraction of sp³-hybridized carbons (Fsp3) is 0.500. The number of fused-ring (bicyclic) bond motifs is 1. The van der Waals surface area contributed by atoms with Crippen molar-refractivity contribution in [3.8, 4) is 0 Å². The van der Waals surface area contributed by atoms with Crippen molar-refractivity contribution in [3.05, 3.63) is 28.8 Å². The summed E-state index contributed by atoms with van der Waals surface area (Å²) in [5.74, 6) is 0. The number of aryl methyl sites for hydroxylation is 2. The van der Waals surface area contributed by atoms with Gasteiger partial charge in [-0.15, -0.1) is 0 Å². The van der Waals surface area contributed by atoms with E-state index in [1.165, 1.54) is 22.4 Å². The van der Waals surface area contributed by atoms with Gasteiger partial charge in [-0.1, -0.05) is 6.07 Å². The van der Waals surface area contributed by atoms with Gasteiger partial charge in [0.05, 0.1) is 6.10 Å². The maximum absolute atomic E-state index is 5.47. The van der Waals surface area contributed by atoms with Crippen molar-refractivity contribution in [2.24, 2.45) is 0 Å². The van der Waals surface area contributed by atoms with E-state index in [1.54, 1.807) is 7.11 Å². The van der Waals surface area contributed by atoms with Gasteiger partial charge in [-0.25, -0.2) is 0 Å². The van der Waals surface area contributed by atoms with E-state index in [4.69, 9.17) is 4.74 Å². The van der Waals surface area contributed by atoms with Crippen LogP contribution in [-0.4, -0.2) is 13.7 Å². The molecule has 0 saturated heterocycles. The molecule has 2 rings (SSSR count). The first kappa shape index (κ1) is 9.53. The summed E-state index contributed by atoms with van der Waals surface area (Å²) in [6, 6.07) is 4.46. The second kappa shape index (κ2) is 3.62. The minimum absolute atomic E-state index is 0.269. The molecule has 2 heteroatoms. The third-order valence-electron chi connectivity index (χ3n) is 3.02. The highest BCUT2D eigenvalue weighted by Gasteiger charge is 2.19. The van der Waals surface area contributed by atoms with E-state index in [1.807, 2.05) is 0 Å². The number of hydrogen-bond acceptors (Lipinski definition) is 2. The highest BCUT2D eigenvalue weighted by molar-refractivity contribution is 5.57. The molecule has 0 spiro atoms. The molecule has 1 aromatic carbocycles. The summed E-state index contributed by atoms with van der Waals surface area (Å²) < 4.78 is 5.47. The Labute approximate surface area is 85.3 Å². The first-order valence-corrected chi connectivity index (χ1v) is 5.10. The van der Waals surface area contributed by atoms with E-state index < -0.39 is 0 Å². The van der Waals surface area contributed by atoms with Crippen LogP contribution in [0, 0.1) is 13.8 Å². The maximum Gasteiger partial charge on any atom is 0.0857 e. The molecule has 1 aromatic rings. The summed E-state index contributed by atoms with van der Waals surface area (Å²) in [6.45, 7) is 5.30. The number of rotatable bonds is 1. The van der Waals surface area contributed by atoms with E-state index in [-0.39, 0.29) is 6.10 Å². The Morgan fingerprint density at radius 2 is 2.00 bits per heavy atom. The predicted octanol–water partition coefficient (Wildman–Crippen LogP) is 2.81. The average molecular weight is 191 g/mol. The third-order valence-corrected chi connectivity index (χ3v) is 3.02. The molecule has 0 amide bonds. The molecule has 0 fully saturated rings. The van der Waals surface area contributed by atoms with Crippen LogP contribution in [0.1, 0.15) is 29.2 Å². The number of anilines is 1. The van der Waals surface area contributed by atoms with Crippen LogP contribution >= 0.6 is 0 Å². The molecule has 14 heavy (non-hydrogen) atoms. The summed E-state index contributed by atoms with van der Waals surface area (Å²) in [7, 11) is 1.79. The zero-order valence-electron chi connectivity index (χ0n) is 9.05. The fourth-order valence-electron chi connectivity index (χ4n) is 2.00. The van der Waals surface area contributed by atoms with Crippen molar-refractivity contribution in [1.29, 1.82) is 0 Å². The van der Waals surface area contributed by atoms with Crippen LogP contribution < -0.4 is 5.32 Å². The van der Waals surface area contributed by atoms with Gasteiger partial charge in [-0.05, 0) is 37.5 Å². The van der Waals surface area contributed by atoms with Crippen molar-refractivity contribution in [3.63, 3.8) is 0 Å². The lowest BCUT2D eigenvalue weighted by Crippen LogP contribution is -2.18. The molecule has 1 heterocycles. The molecule has 1 N–H and O–H groups in total. The molecule has 0 radical (unpaired) electrons. The minimum atomic E-state index is 0.269. The Morgan fingerprint density at radius 1 is 1.29 bits per heavy atom. The molecular formula is C12H17NO. The van der Waals surface area contributed by atoms with Crippen molar-refractivity contribution >= 4 is 5.69 Å². The molecular weight excluding hydrogens is 174 g/mol. The number of benzene rings is 1. The molecule has 0 aromatic heterocycles. The standard InChI is InChI=1S/C12H17NO/c1-8-6-10-11(7-9(8)2)13-5-4-12(10)14-3/h6-7,12-13H,4-5H2,1-3H3. The number of nitrogens with one attached hydrogen (secondary N) is 1. The molecule has 2 nitrogen and oxygen atoms in total. The summed E-state index contributed by atoms with van der Waals surface area (Å²) in [5.41, 5.74) is 5.23. The number of hydrogen-bond donors (Lipinski definition) is 1. The summed E-state index contributed by atoms with van der Waals surface area (Å²) in [6.07, 6.45) is 1.33. The smallest absolute Gasteiger partial charge is 0.0857 e. The van der Waals surface area contributed by atoms with Crippen molar-refractivity contribution in [2.45, 2.75) is 26.4 Å². The van der Waals surface area contributed by atoms with Crippen molar-refractivity contribution in [2.75, 3.05) is 19.0 Å². The summed E-state index contributed by atoms with van der Waals surface area (Å²) in [5, 5.41) is 3.41. The van der Waals surface area contributed by atoms with Gasteiger partial charge in [0.2, 0.25) is 0 Å². The normalized spacial score (nSPS) is 20.1. The highest BCUT2D eigenvalue weighted by atomic mass is 16.5. The average Bonchev–Trinajstić information content (AvgIpc) is 2.19. The topological polar surface area (TPSA) is 21.3 Å². The first-order chi connectivity index (χ1) is 6.72. The second-order valence-electron chi connectivity index (χ2n) is 3.96. The van der Waals surface area contributed by atoms with Gasteiger partial charge in [-0.3, -0.25) is 0 Å². The molecule has 0 bridgehead atoms. The number of ether oxygens (including phenoxy) is 1. The Bertz CT molecular complexity index is 346. The van der Waals surface area contributed by atoms with Gasteiger partial charge in [0.1, 0.15) is 0 Å². The lowest BCUT2D eigenvalue weighted by atomic mass is 9.96. The van der Waals surface area contributed by atoms with Crippen LogP contribution in [0.25, 0.3) is 0 Å². The maximum atomic E-state index is 5.47. The van der Waals surface area contributed by atoms with Crippen LogP contribution in [0.5, 0.6) is 0 Å². The van der Waals surface area contributed by atoms with E-state index in [9.17, 15) is 0 Å². The van der Waals surface area contributed by atoms with Crippen LogP contribution in [0.4, 0.5) is 5.69 Å². The van der Waals surface area contributed by atoms with Crippen LogP contribution in [0.2, 0.25) is 0 Å². The Kier molecular flexibility index (Phi) is 2.46. The van der Waals surface area contributed by atoms with Gasteiger partial charge in [0.15, 0.2) is 0 Å². The molecule has 76 valence electrons. The molecule has 1 aliphatic heterocycles. The van der Waals surface area contributed by atoms with E-state index in [0.717, 1.165) is 13.0 Å². The van der Waals surface area contributed by atoms with Gasteiger partial charge >= 0.3 is 0 Å². The van der Waals surface area contributed by atoms with Crippen LogP contribution in [0.15, 0.2) is 12.1 Å². The second-order valence-corrected chi connectivity index (χ2v) is 3.96. The summed E-state index contributed by atoms with van der Waals surface area (Å²) in [4.78, 5) is 0. The monoisotopic (exact) mass is 191 g/mol. The lowest BCUT2D eigenvalue weighted by molar-refractivity contribution is 0.0964. The quantitative estimate of drug-likeness (QED) is 0.737. The van der Waals surface area contributed by atoms with Gasteiger partial charge in [-0.2, -0.15) is 0 Å². The van der Waals surface area contributed by atoms with E-state index in [2.05, 4.69) is 31.3 Å². The van der Waals surface area contributed by atoms with Gasteiger partial charge in [0, 0.05) is 24.9 Å². The SMILES string of the molecule is COC1CCNc2cc(C)c(C)cc21. The predicted molar refractivity (Wildman–Crippen MR) is 58.8 cm³/mol. The molecule has 1 aliphatic rings. The minimum Gasteiger partial charge on any atom is -0.385 e. The zero-order valence-corrected chi connectivity index (χ0v) is 9.05. The van der Waals surface area contributed by atoms with E-state index in [0.29, 0.717) is 0 Å².